The van der Waals surface area contributed by atoms with E-state index in [9.17, 15) is 4.79 Å². The molecule has 0 bridgehead atoms. The number of halogens is 1. The van der Waals surface area contributed by atoms with E-state index in [-0.39, 0.29) is 12.5 Å². The number of methoxy groups -OCH3 is 2. The number of furan rings is 2. The number of anilines is 1. The van der Waals surface area contributed by atoms with Crippen LogP contribution >= 0.6 is 11.6 Å². The fourth-order valence-corrected chi connectivity index (χ4v) is 3.00. The van der Waals surface area contributed by atoms with Gasteiger partial charge in [0.05, 0.1) is 57.1 Å². The smallest absolute Gasteiger partial charge is 0.238 e. The van der Waals surface area contributed by atoms with Crippen LogP contribution < -0.4 is 14.8 Å². The molecule has 7 nitrogen and oxygen atoms in total. The van der Waals surface area contributed by atoms with E-state index >= 15 is 0 Å². The van der Waals surface area contributed by atoms with Gasteiger partial charge in [0.15, 0.2) is 0 Å². The maximum absolute atomic E-state index is 12.7. The standard InChI is InChI=1S/C20H21ClN2O5/c1-25-18-10-17(19(26-2)9-16(18)21)22-20(24)13-23(11-14-5-3-7-27-14)12-15-6-4-8-28-15/h3-10H,11-13H2,1-2H3,(H,22,24). The van der Waals surface area contributed by atoms with E-state index in [2.05, 4.69) is 5.32 Å². The molecular weight excluding hydrogens is 384 g/mol. The van der Waals surface area contributed by atoms with Gasteiger partial charge in [-0.05, 0) is 24.3 Å². The molecule has 2 heterocycles. The first-order valence-corrected chi connectivity index (χ1v) is 8.95. The summed E-state index contributed by atoms with van der Waals surface area (Å²) in [6, 6.07) is 10.6. The van der Waals surface area contributed by atoms with E-state index in [1.807, 2.05) is 29.2 Å². The van der Waals surface area contributed by atoms with Crippen LogP contribution in [0.3, 0.4) is 0 Å². The summed E-state index contributed by atoms with van der Waals surface area (Å²) in [5, 5.41) is 3.25. The van der Waals surface area contributed by atoms with E-state index in [1.165, 1.54) is 14.2 Å². The number of hydrogen-bond acceptors (Lipinski definition) is 6. The topological polar surface area (TPSA) is 77.1 Å². The van der Waals surface area contributed by atoms with Gasteiger partial charge in [-0.15, -0.1) is 0 Å². The Kier molecular flexibility index (Phi) is 6.62. The third kappa shape index (κ3) is 5.09. The van der Waals surface area contributed by atoms with Gasteiger partial charge in [0.1, 0.15) is 23.0 Å². The Bertz CT molecular complexity index is 857. The summed E-state index contributed by atoms with van der Waals surface area (Å²) in [5.41, 5.74) is 0.477. The highest BCUT2D eigenvalue weighted by molar-refractivity contribution is 6.32. The molecule has 0 aliphatic carbocycles. The van der Waals surface area contributed by atoms with Crippen molar-refractivity contribution in [2.45, 2.75) is 13.1 Å². The van der Waals surface area contributed by atoms with Crippen molar-refractivity contribution in [2.75, 3.05) is 26.1 Å². The Morgan fingerprint density at radius 1 is 1.04 bits per heavy atom. The second-order valence-electron chi connectivity index (χ2n) is 6.04. The lowest BCUT2D eigenvalue weighted by molar-refractivity contribution is -0.117. The fourth-order valence-electron chi connectivity index (χ4n) is 2.76. The molecular formula is C20H21ClN2O5. The van der Waals surface area contributed by atoms with E-state index in [4.69, 9.17) is 29.9 Å². The van der Waals surface area contributed by atoms with E-state index < -0.39 is 0 Å². The summed E-state index contributed by atoms with van der Waals surface area (Å²) in [6.07, 6.45) is 3.21. The maximum atomic E-state index is 12.7. The fraction of sp³-hybridized carbons (Fsp3) is 0.250. The van der Waals surface area contributed by atoms with Crippen LogP contribution in [-0.2, 0) is 17.9 Å². The third-order valence-electron chi connectivity index (χ3n) is 4.03. The van der Waals surface area contributed by atoms with Crippen LogP contribution in [0.2, 0.25) is 5.02 Å². The van der Waals surface area contributed by atoms with Crippen molar-refractivity contribution in [1.82, 2.24) is 4.90 Å². The Balaban J connectivity index is 1.72. The van der Waals surface area contributed by atoms with Gasteiger partial charge in [-0.2, -0.15) is 0 Å². The SMILES string of the molecule is COc1cc(NC(=O)CN(Cc2ccco2)Cc2ccco2)c(OC)cc1Cl. The molecule has 0 spiro atoms. The molecule has 0 aliphatic rings. The first-order chi connectivity index (χ1) is 13.6. The van der Waals surface area contributed by atoms with Crippen LogP contribution in [0, 0.1) is 0 Å². The number of benzene rings is 1. The summed E-state index contributed by atoms with van der Waals surface area (Å²) in [4.78, 5) is 14.6. The first-order valence-electron chi connectivity index (χ1n) is 8.57. The summed E-state index contributed by atoms with van der Waals surface area (Å²) in [7, 11) is 3.02. The van der Waals surface area contributed by atoms with Crippen molar-refractivity contribution in [2.24, 2.45) is 0 Å². The molecule has 8 heteroatoms. The highest BCUT2D eigenvalue weighted by atomic mass is 35.5. The number of carbonyl (C=O) groups is 1. The number of hydrogen-bond donors (Lipinski definition) is 1. The van der Waals surface area contributed by atoms with Crippen molar-refractivity contribution >= 4 is 23.2 Å². The summed E-state index contributed by atoms with van der Waals surface area (Å²) in [5.74, 6) is 2.18. The monoisotopic (exact) mass is 404 g/mol. The molecule has 148 valence electrons. The average molecular weight is 405 g/mol. The second kappa shape index (κ2) is 9.34. The number of carbonyl (C=O) groups excluding carboxylic acids is 1. The average Bonchev–Trinajstić information content (AvgIpc) is 3.37. The molecule has 0 fully saturated rings. The Morgan fingerprint density at radius 2 is 1.64 bits per heavy atom. The Hall–Kier alpha value is -2.90. The highest BCUT2D eigenvalue weighted by Gasteiger charge is 2.17. The minimum atomic E-state index is -0.221. The van der Waals surface area contributed by atoms with Crippen LogP contribution in [0.1, 0.15) is 11.5 Å². The summed E-state index contributed by atoms with van der Waals surface area (Å²) >= 11 is 6.11. The molecule has 1 N–H and O–H groups in total. The van der Waals surface area contributed by atoms with Crippen molar-refractivity contribution in [3.63, 3.8) is 0 Å². The molecule has 1 amide bonds. The Morgan fingerprint density at radius 3 is 2.14 bits per heavy atom. The molecule has 3 rings (SSSR count). The van der Waals surface area contributed by atoms with Crippen molar-refractivity contribution in [3.05, 3.63) is 65.5 Å². The zero-order valence-electron chi connectivity index (χ0n) is 15.6. The zero-order valence-corrected chi connectivity index (χ0v) is 16.4. The minimum absolute atomic E-state index is 0.121. The minimum Gasteiger partial charge on any atom is -0.495 e. The van der Waals surface area contributed by atoms with Gasteiger partial charge < -0.3 is 23.6 Å². The third-order valence-corrected chi connectivity index (χ3v) is 4.33. The first kappa shape index (κ1) is 19.9. The quantitative estimate of drug-likeness (QED) is 0.576. The molecule has 28 heavy (non-hydrogen) atoms. The number of amides is 1. The van der Waals surface area contributed by atoms with Crippen LogP contribution in [0.15, 0.2) is 57.8 Å². The van der Waals surface area contributed by atoms with E-state index in [0.717, 1.165) is 11.5 Å². The molecule has 0 saturated heterocycles. The molecule has 0 atom stereocenters. The largest absolute Gasteiger partial charge is 0.495 e. The van der Waals surface area contributed by atoms with Gasteiger partial charge in [0, 0.05) is 12.1 Å². The summed E-state index contributed by atoms with van der Waals surface area (Å²) < 4.78 is 21.3. The second-order valence-corrected chi connectivity index (χ2v) is 6.45. The van der Waals surface area contributed by atoms with Crippen LogP contribution in [0.25, 0.3) is 0 Å². The lowest BCUT2D eigenvalue weighted by Crippen LogP contribution is -2.32. The van der Waals surface area contributed by atoms with E-state index in [1.54, 1.807) is 24.7 Å². The molecule has 3 aromatic rings. The molecule has 0 saturated carbocycles. The van der Waals surface area contributed by atoms with Gasteiger partial charge >= 0.3 is 0 Å². The van der Waals surface area contributed by atoms with Gasteiger partial charge in [-0.25, -0.2) is 0 Å². The normalized spacial score (nSPS) is 10.9. The van der Waals surface area contributed by atoms with Crippen LogP contribution in [0.5, 0.6) is 11.5 Å². The maximum Gasteiger partial charge on any atom is 0.238 e. The van der Waals surface area contributed by atoms with Crippen LogP contribution in [0.4, 0.5) is 5.69 Å². The van der Waals surface area contributed by atoms with E-state index in [0.29, 0.717) is 35.3 Å². The molecule has 2 aromatic heterocycles. The Labute approximate surface area is 167 Å². The number of nitrogens with one attached hydrogen (secondary N) is 1. The molecule has 0 aliphatic heterocycles. The lowest BCUT2D eigenvalue weighted by Gasteiger charge is -2.20. The lowest BCUT2D eigenvalue weighted by atomic mass is 10.2. The van der Waals surface area contributed by atoms with Gasteiger partial charge in [0.25, 0.3) is 0 Å². The number of rotatable bonds is 9. The van der Waals surface area contributed by atoms with Crippen molar-refractivity contribution < 1.29 is 23.1 Å². The van der Waals surface area contributed by atoms with Crippen molar-refractivity contribution in [1.29, 1.82) is 0 Å². The van der Waals surface area contributed by atoms with Gasteiger partial charge in [-0.1, -0.05) is 11.6 Å². The molecule has 0 radical (unpaired) electrons. The molecule has 1 aromatic carbocycles. The van der Waals surface area contributed by atoms with Gasteiger partial charge in [0.2, 0.25) is 5.91 Å². The number of nitrogens with zero attached hydrogens (tertiary/aromatic N) is 1. The predicted octanol–water partition coefficient (Wildman–Crippen LogP) is 4.18. The van der Waals surface area contributed by atoms with Gasteiger partial charge in [-0.3, -0.25) is 9.69 Å². The predicted molar refractivity (Wildman–Crippen MR) is 105 cm³/mol. The zero-order chi connectivity index (χ0) is 19.9. The van der Waals surface area contributed by atoms with Crippen LogP contribution in [-0.4, -0.2) is 31.6 Å². The summed E-state index contributed by atoms with van der Waals surface area (Å²) in [6.45, 7) is 1.04. The van der Waals surface area contributed by atoms with Crippen molar-refractivity contribution in [3.8, 4) is 11.5 Å². The number of ether oxygens (including phenoxy) is 2. The molecule has 0 unspecified atom stereocenters. The highest BCUT2D eigenvalue weighted by Crippen LogP contribution is 2.35.